The van der Waals surface area contributed by atoms with Gasteiger partial charge in [-0.15, -0.1) is 11.3 Å². The third-order valence-corrected chi connectivity index (χ3v) is 7.30. The summed E-state index contributed by atoms with van der Waals surface area (Å²) < 4.78 is 0. The Kier molecular flexibility index (Phi) is 7.82. The van der Waals surface area contributed by atoms with Crippen molar-refractivity contribution >= 4 is 34.9 Å². The van der Waals surface area contributed by atoms with Crippen LogP contribution in [0.15, 0.2) is 58.9 Å². The first kappa shape index (κ1) is 20.0. The molecule has 2 heterocycles. The van der Waals surface area contributed by atoms with Gasteiger partial charge < -0.3 is 0 Å². The number of pyridine rings is 1. The van der Waals surface area contributed by atoms with Gasteiger partial charge in [0.05, 0.1) is 16.1 Å². The van der Waals surface area contributed by atoms with E-state index in [1.807, 2.05) is 36.0 Å². The van der Waals surface area contributed by atoms with Crippen LogP contribution < -0.4 is 0 Å². The fraction of sp³-hybridized carbons (Fsp3) is 0.273. The third-order valence-electron chi connectivity index (χ3n) is 4.13. The van der Waals surface area contributed by atoms with E-state index in [9.17, 15) is 5.26 Å². The van der Waals surface area contributed by atoms with E-state index in [4.69, 9.17) is 4.98 Å². The van der Waals surface area contributed by atoms with Gasteiger partial charge in [-0.25, -0.2) is 4.98 Å². The van der Waals surface area contributed by atoms with Gasteiger partial charge in [0.15, 0.2) is 0 Å². The molecule has 0 aliphatic heterocycles. The lowest BCUT2D eigenvalue weighted by atomic mass is 10.0. The number of unbranched alkanes of at least 4 members (excludes halogenated alkanes) is 2. The number of benzene rings is 1. The van der Waals surface area contributed by atoms with Crippen LogP contribution in [-0.4, -0.2) is 15.8 Å². The molecule has 5 heteroatoms. The van der Waals surface area contributed by atoms with Crippen molar-refractivity contribution in [1.82, 2.24) is 4.98 Å². The fourth-order valence-electron chi connectivity index (χ4n) is 2.74. The summed E-state index contributed by atoms with van der Waals surface area (Å²) in [6, 6.07) is 18.7. The number of nitrogens with zero attached hydrogens (tertiary/aromatic N) is 2. The third kappa shape index (κ3) is 5.38. The molecule has 3 aromatic rings. The van der Waals surface area contributed by atoms with Crippen LogP contribution in [0.5, 0.6) is 0 Å². The van der Waals surface area contributed by atoms with Crippen LogP contribution in [0.3, 0.4) is 0 Å². The quantitative estimate of drug-likeness (QED) is 0.210. The van der Waals surface area contributed by atoms with Gasteiger partial charge in [-0.05, 0) is 35.2 Å². The van der Waals surface area contributed by atoms with Gasteiger partial charge in [0.25, 0.3) is 0 Å². The van der Waals surface area contributed by atoms with Crippen LogP contribution in [0, 0.1) is 11.3 Å². The molecule has 27 heavy (non-hydrogen) atoms. The minimum absolute atomic E-state index is 0.681. The number of hydrogen-bond acceptors (Lipinski definition) is 5. The standard InChI is InChI=1S/C22H22N2S3/c1-2-3-7-12-25-16-27-22-19(15-23)18(17-9-5-4-6-10-17)14-20(24-22)21-11-8-13-26-21/h4-6,8-11,13-14H,2-3,7,12,16H2,1H3. The van der Waals surface area contributed by atoms with Crippen LogP contribution in [0.25, 0.3) is 21.7 Å². The minimum atomic E-state index is 0.681. The number of hydrogen-bond donors (Lipinski definition) is 0. The molecule has 0 unspecified atom stereocenters. The smallest absolute Gasteiger partial charge is 0.116 e. The van der Waals surface area contributed by atoms with E-state index in [-0.39, 0.29) is 0 Å². The van der Waals surface area contributed by atoms with Crippen LogP contribution in [-0.2, 0) is 0 Å². The Balaban J connectivity index is 1.91. The highest BCUT2D eigenvalue weighted by molar-refractivity contribution is 8.15. The maximum absolute atomic E-state index is 9.85. The van der Waals surface area contributed by atoms with Crippen molar-refractivity contribution < 1.29 is 0 Å². The molecule has 0 N–H and O–H groups in total. The maximum atomic E-state index is 9.85. The second-order valence-corrected chi connectivity index (χ2v) is 9.45. The highest BCUT2D eigenvalue weighted by Crippen LogP contribution is 2.36. The molecule has 1 aromatic carbocycles. The predicted octanol–water partition coefficient (Wildman–Crippen LogP) is 7.32. The molecular weight excluding hydrogens is 388 g/mol. The number of rotatable bonds is 9. The molecule has 0 atom stereocenters. The van der Waals surface area contributed by atoms with Gasteiger partial charge >= 0.3 is 0 Å². The van der Waals surface area contributed by atoms with E-state index < -0.39 is 0 Å². The zero-order valence-corrected chi connectivity index (χ0v) is 17.8. The van der Waals surface area contributed by atoms with Crippen LogP contribution >= 0.6 is 34.9 Å². The Bertz CT molecular complexity index is 884. The lowest BCUT2D eigenvalue weighted by molar-refractivity contribution is 0.779. The molecule has 138 valence electrons. The number of nitriles is 1. The van der Waals surface area contributed by atoms with Gasteiger partial charge in [0.2, 0.25) is 0 Å². The average molecular weight is 411 g/mol. The number of aromatic nitrogens is 1. The van der Waals surface area contributed by atoms with E-state index >= 15 is 0 Å². The summed E-state index contributed by atoms with van der Waals surface area (Å²) in [6.07, 6.45) is 3.78. The van der Waals surface area contributed by atoms with E-state index in [1.165, 1.54) is 25.0 Å². The van der Waals surface area contributed by atoms with Crippen molar-refractivity contribution in [2.75, 3.05) is 10.8 Å². The lowest BCUT2D eigenvalue weighted by Crippen LogP contribution is -1.95. The summed E-state index contributed by atoms with van der Waals surface area (Å²) in [6.45, 7) is 2.23. The second-order valence-electron chi connectivity index (χ2n) is 6.07. The van der Waals surface area contributed by atoms with Crippen molar-refractivity contribution in [2.45, 2.75) is 31.2 Å². The molecular formula is C22H22N2S3. The van der Waals surface area contributed by atoms with E-state index in [1.54, 1.807) is 23.1 Å². The highest BCUT2D eigenvalue weighted by atomic mass is 32.2. The summed E-state index contributed by atoms with van der Waals surface area (Å²) >= 11 is 5.29. The first-order chi connectivity index (χ1) is 13.3. The second kappa shape index (κ2) is 10.6. The summed E-state index contributed by atoms with van der Waals surface area (Å²) in [7, 11) is 0. The summed E-state index contributed by atoms with van der Waals surface area (Å²) in [4.78, 5) is 5.98. The zero-order valence-electron chi connectivity index (χ0n) is 15.4. The molecule has 3 rings (SSSR count). The molecule has 0 spiro atoms. The summed E-state index contributed by atoms with van der Waals surface area (Å²) in [5, 5.41) is 13.7. The first-order valence-electron chi connectivity index (χ1n) is 9.08. The number of thiophene rings is 1. The largest absolute Gasteiger partial charge is 0.239 e. The molecule has 0 aliphatic carbocycles. The van der Waals surface area contributed by atoms with Gasteiger partial charge in [0, 0.05) is 10.6 Å². The Morgan fingerprint density at radius 1 is 1.11 bits per heavy atom. The van der Waals surface area contributed by atoms with Crippen LogP contribution in [0.2, 0.25) is 0 Å². The van der Waals surface area contributed by atoms with Crippen LogP contribution in [0.4, 0.5) is 0 Å². The summed E-state index contributed by atoms with van der Waals surface area (Å²) in [5.41, 5.74) is 3.66. The average Bonchev–Trinajstić information content (AvgIpc) is 3.25. The predicted molar refractivity (Wildman–Crippen MR) is 120 cm³/mol. The minimum Gasteiger partial charge on any atom is -0.239 e. The highest BCUT2D eigenvalue weighted by Gasteiger charge is 2.16. The van der Waals surface area contributed by atoms with E-state index in [0.29, 0.717) is 5.56 Å². The Hall–Kier alpha value is -1.74. The van der Waals surface area contributed by atoms with Gasteiger partial charge in [-0.1, -0.05) is 67.9 Å². The Morgan fingerprint density at radius 2 is 1.96 bits per heavy atom. The molecule has 2 aromatic heterocycles. The molecule has 0 bridgehead atoms. The maximum Gasteiger partial charge on any atom is 0.116 e. The Morgan fingerprint density at radius 3 is 2.67 bits per heavy atom. The van der Waals surface area contributed by atoms with Crippen molar-refractivity contribution in [2.24, 2.45) is 0 Å². The summed E-state index contributed by atoms with van der Waals surface area (Å²) in [5.74, 6) is 1.17. The molecule has 0 aliphatic rings. The molecule has 0 fully saturated rings. The van der Waals surface area contributed by atoms with Crippen molar-refractivity contribution in [1.29, 1.82) is 5.26 Å². The zero-order chi connectivity index (χ0) is 18.9. The van der Waals surface area contributed by atoms with Gasteiger partial charge in [-0.3, -0.25) is 0 Å². The van der Waals surface area contributed by atoms with E-state index in [2.05, 4.69) is 42.6 Å². The molecule has 2 nitrogen and oxygen atoms in total. The normalized spacial score (nSPS) is 10.7. The van der Waals surface area contributed by atoms with Crippen molar-refractivity contribution in [3.8, 4) is 27.8 Å². The van der Waals surface area contributed by atoms with Crippen molar-refractivity contribution in [3.05, 3.63) is 59.5 Å². The van der Waals surface area contributed by atoms with Gasteiger partial charge in [0.1, 0.15) is 11.1 Å². The first-order valence-corrected chi connectivity index (χ1v) is 12.1. The molecule has 0 amide bonds. The topological polar surface area (TPSA) is 36.7 Å². The Labute approximate surface area is 174 Å². The SMILES string of the molecule is CCCCCSCSc1nc(-c2cccs2)cc(-c2ccccc2)c1C#N. The molecule has 0 saturated carbocycles. The lowest BCUT2D eigenvalue weighted by Gasteiger charge is -2.11. The van der Waals surface area contributed by atoms with E-state index in [0.717, 1.165) is 31.8 Å². The molecule has 0 radical (unpaired) electrons. The monoisotopic (exact) mass is 410 g/mol. The van der Waals surface area contributed by atoms with Crippen molar-refractivity contribution in [3.63, 3.8) is 0 Å². The van der Waals surface area contributed by atoms with Crippen LogP contribution in [0.1, 0.15) is 31.7 Å². The molecule has 0 saturated heterocycles. The fourth-order valence-corrected chi connectivity index (χ4v) is 5.55. The number of thioether (sulfide) groups is 2. The van der Waals surface area contributed by atoms with Gasteiger partial charge in [-0.2, -0.15) is 17.0 Å².